The van der Waals surface area contributed by atoms with E-state index in [0.29, 0.717) is 0 Å². The number of thiophene rings is 1. The van der Waals surface area contributed by atoms with Crippen molar-refractivity contribution in [3.63, 3.8) is 0 Å². The second-order valence-electron chi connectivity index (χ2n) is 11.7. The van der Waals surface area contributed by atoms with Gasteiger partial charge >= 0.3 is 0 Å². The molecular weight excluding hydrogens is 579 g/mol. The van der Waals surface area contributed by atoms with Gasteiger partial charge in [-0.2, -0.15) is 0 Å². The van der Waals surface area contributed by atoms with Crippen molar-refractivity contribution in [1.29, 1.82) is 0 Å². The predicted molar refractivity (Wildman–Crippen MR) is 197 cm³/mol. The first kappa shape index (κ1) is 26.2. The lowest BCUT2D eigenvalue weighted by Crippen LogP contribution is -2.74. The van der Waals surface area contributed by atoms with Gasteiger partial charge in [-0.25, -0.2) is 0 Å². The molecule has 3 heteroatoms. The summed E-state index contributed by atoms with van der Waals surface area (Å²) in [5, 5.41) is 10.9. The molecule has 0 radical (unpaired) electrons. The van der Waals surface area contributed by atoms with Gasteiger partial charge in [0.2, 0.25) is 0 Å². The van der Waals surface area contributed by atoms with Crippen LogP contribution in [0, 0.1) is 0 Å². The molecule has 0 fully saturated rings. The van der Waals surface area contributed by atoms with Crippen molar-refractivity contribution in [1.82, 2.24) is 4.57 Å². The van der Waals surface area contributed by atoms with Crippen LogP contribution in [-0.4, -0.2) is 12.6 Å². The lowest BCUT2D eigenvalue weighted by molar-refractivity contribution is 1.18. The summed E-state index contributed by atoms with van der Waals surface area (Å²) in [6.45, 7) is 0. The Bertz CT molecular complexity index is 2440. The van der Waals surface area contributed by atoms with Gasteiger partial charge in [0.05, 0.1) is 11.0 Å². The van der Waals surface area contributed by atoms with Crippen LogP contribution < -0.4 is 20.7 Å². The third-order valence-electron chi connectivity index (χ3n) is 9.34. The first-order valence-corrected chi connectivity index (χ1v) is 18.3. The summed E-state index contributed by atoms with van der Waals surface area (Å²) in [4.78, 5) is 0. The first-order chi connectivity index (χ1) is 22.3. The van der Waals surface area contributed by atoms with Crippen LogP contribution >= 0.6 is 11.3 Å². The van der Waals surface area contributed by atoms with Gasteiger partial charge in [0.1, 0.15) is 0 Å². The van der Waals surface area contributed by atoms with E-state index < -0.39 is 8.07 Å². The maximum absolute atomic E-state index is 2.86. The molecule has 0 spiro atoms. The van der Waals surface area contributed by atoms with Crippen LogP contribution in [0.2, 0.25) is 0 Å². The third-order valence-corrected chi connectivity index (χ3v) is 15.3. The fraction of sp³-hybridized carbons (Fsp3) is 0. The van der Waals surface area contributed by atoms with Crippen LogP contribution in [0.1, 0.15) is 0 Å². The minimum Gasteiger partial charge on any atom is -0.309 e. The van der Waals surface area contributed by atoms with E-state index in [1.807, 2.05) is 11.3 Å². The van der Waals surface area contributed by atoms with E-state index in [-0.39, 0.29) is 0 Å². The van der Waals surface area contributed by atoms with E-state index >= 15 is 0 Å². The molecule has 2 aromatic heterocycles. The number of benzene rings is 7. The van der Waals surface area contributed by atoms with Gasteiger partial charge in [-0.05, 0) is 57.1 Å². The lowest BCUT2D eigenvalue weighted by atomic mass is 10.1. The summed E-state index contributed by atoms with van der Waals surface area (Å²) in [6.07, 6.45) is 0. The van der Waals surface area contributed by atoms with Crippen molar-refractivity contribution < 1.29 is 0 Å². The molecule has 212 valence electrons. The topological polar surface area (TPSA) is 4.93 Å². The molecule has 9 aromatic rings. The fourth-order valence-electron chi connectivity index (χ4n) is 7.49. The Balaban J connectivity index is 1.49. The van der Waals surface area contributed by atoms with Crippen LogP contribution in [0.5, 0.6) is 0 Å². The first-order valence-electron chi connectivity index (χ1n) is 15.4. The van der Waals surface area contributed by atoms with E-state index in [9.17, 15) is 0 Å². The minimum atomic E-state index is -2.86. The summed E-state index contributed by atoms with van der Waals surface area (Å²) in [6, 6.07) is 65.5. The normalized spacial score (nSPS) is 12.0. The number of hydrogen-bond donors (Lipinski definition) is 0. The second-order valence-corrected chi connectivity index (χ2v) is 16.5. The molecule has 0 atom stereocenters. The number of rotatable bonds is 5. The molecule has 45 heavy (non-hydrogen) atoms. The largest absolute Gasteiger partial charge is 0.309 e. The molecule has 0 saturated carbocycles. The molecule has 1 nitrogen and oxygen atoms in total. The maximum Gasteiger partial charge on any atom is 0.180 e. The molecule has 2 heterocycles. The number of aromatic nitrogens is 1. The Morgan fingerprint density at radius 1 is 0.400 bits per heavy atom. The smallest absolute Gasteiger partial charge is 0.180 e. The Morgan fingerprint density at radius 2 is 0.978 bits per heavy atom. The number of para-hydroxylation sites is 2. The van der Waals surface area contributed by atoms with Gasteiger partial charge in [0.15, 0.2) is 8.07 Å². The molecule has 0 unspecified atom stereocenters. The summed E-state index contributed by atoms with van der Waals surface area (Å²) >= 11 is 1.89. The lowest BCUT2D eigenvalue weighted by Gasteiger charge is -2.35. The highest BCUT2D eigenvalue weighted by molar-refractivity contribution is 7.26. The van der Waals surface area contributed by atoms with Crippen LogP contribution in [0.4, 0.5) is 0 Å². The van der Waals surface area contributed by atoms with Crippen molar-refractivity contribution >= 4 is 82.1 Å². The maximum atomic E-state index is 2.52. The average molecular weight is 608 g/mol. The van der Waals surface area contributed by atoms with Crippen molar-refractivity contribution in [3.8, 4) is 5.69 Å². The quantitative estimate of drug-likeness (QED) is 0.137. The molecule has 0 saturated heterocycles. The molecule has 0 aliphatic carbocycles. The Hall–Kier alpha value is -5.22. The van der Waals surface area contributed by atoms with E-state index in [2.05, 4.69) is 180 Å². The van der Waals surface area contributed by atoms with Gasteiger partial charge in [-0.1, -0.05) is 140 Å². The number of fused-ring (bicyclic) bond motifs is 6. The minimum absolute atomic E-state index is 1.18. The molecule has 0 N–H and O–H groups in total. The average Bonchev–Trinajstić information content (AvgIpc) is 3.66. The van der Waals surface area contributed by atoms with Crippen LogP contribution in [0.15, 0.2) is 176 Å². The molecule has 0 bridgehead atoms. The van der Waals surface area contributed by atoms with E-state index in [1.54, 1.807) is 0 Å². The van der Waals surface area contributed by atoms with Gasteiger partial charge in [0.25, 0.3) is 0 Å². The van der Waals surface area contributed by atoms with Crippen LogP contribution in [0.25, 0.3) is 47.7 Å². The Morgan fingerprint density at radius 3 is 1.71 bits per heavy atom. The highest BCUT2D eigenvalue weighted by atomic mass is 32.1. The molecule has 0 aliphatic heterocycles. The summed E-state index contributed by atoms with van der Waals surface area (Å²) in [7, 11) is -2.86. The zero-order valence-electron chi connectivity index (χ0n) is 24.6. The van der Waals surface area contributed by atoms with Crippen LogP contribution in [-0.2, 0) is 0 Å². The molecule has 7 aromatic carbocycles. The third kappa shape index (κ3) is 3.91. The van der Waals surface area contributed by atoms with Crippen molar-refractivity contribution in [3.05, 3.63) is 176 Å². The highest BCUT2D eigenvalue weighted by Gasteiger charge is 2.43. The second kappa shape index (κ2) is 10.4. The zero-order chi connectivity index (χ0) is 29.8. The van der Waals surface area contributed by atoms with E-state index in [1.165, 1.54) is 68.4 Å². The van der Waals surface area contributed by atoms with Crippen molar-refractivity contribution in [2.75, 3.05) is 0 Å². The van der Waals surface area contributed by atoms with Crippen molar-refractivity contribution in [2.45, 2.75) is 0 Å². The molecule has 9 rings (SSSR count). The standard InChI is InChI=1S/C42H29NSSi/c1-4-15-30(16-5-1)43-37-23-12-10-22-35(37)42-38(43)24-14-26-41(42)45(31-17-6-2-7-18-31,32-19-8-3-9-20-32)33-27-28-40-36(29-33)34-21-11-13-25-39(34)44-40/h1-29H. The molecule has 0 amide bonds. The fourth-order valence-corrected chi connectivity index (χ4v) is 13.6. The summed E-state index contributed by atoms with van der Waals surface area (Å²) in [5.74, 6) is 0. The van der Waals surface area contributed by atoms with Gasteiger partial charge in [-0.3, -0.25) is 0 Å². The van der Waals surface area contributed by atoms with Crippen molar-refractivity contribution in [2.24, 2.45) is 0 Å². The van der Waals surface area contributed by atoms with Gasteiger partial charge < -0.3 is 4.57 Å². The SMILES string of the molecule is c1ccc(-n2c3ccccc3c3c([Si](c4ccccc4)(c4ccccc4)c4ccc5sc6ccccc6c5c4)cccc32)cc1. The van der Waals surface area contributed by atoms with Gasteiger partial charge in [0, 0.05) is 36.6 Å². The van der Waals surface area contributed by atoms with E-state index in [4.69, 9.17) is 0 Å². The highest BCUT2D eigenvalue weighted by Crippen LogP contribution is 2.35. The monoisotopic (exact) mass is 607 g/mol. The van der Waals surface area contributed by atoms with Crippen LogP contribution in [0.3, 0.4) is 0 Å². The Labute approximate surface area is 267 Å². The molecule has 0 aliphatic rings. The predicted octanol–water partition coefficient (Wildman–Crippen LogP) is 8.53. The molecular formula is C42H29NSSi. The summed E-state index contributed by atoms with van der Waals surface area (Å²) < 4.78 is 5.12. The Kier molecular flexibility index (Phi) is 6.08. The zero-order valence-corrected chi connectivity index (χ0v) is 26.4. The van der Waals surface area contributed by atoms with Gasteiger partial charge in [-0.15, -0.1) is 11.3 Å². The number of nitrogens with zero attached hydrogens (tertiary/aromatic N) is 1. The van der Waals surface area contributed by atoms with E-state index in [0.717, 1.165) is 0 Å². The summed E-state index contributed by atoms with van der Waals surface area (Å²) in [5.41, 5.74) is 3.65. The number of hydrogen-bond acceptors (Lipinski definition) is 1.